The Hall–Kier alpha value is -3.23. The highest BCUT2D eigenvalue weighted by Gasteiger charge is 2.30. The van der Waals surface area contributed by atoms with Crippen molar-refractivity contribution < 1.29 is 22.5 Å². The zero-order valence-electron chi connectivity index (χ0n) is 13.3. The van der Waals surface area contributed by atoms with Gasteiger partial charge >= 0.3 is 6.18 Å². The van der Waals surface area contributed by atoms with Crippen LogP contribution in [0.2, 0.25) is 0 Å². The molecule has 3 rings (SSSR count). The Labute approximate surface area is 146 Å². The number of aryl methyl sites for hydroxylation is 1. The average molecular weight is 362 g/mol. The van der Waals surface area contributed by atoms with Crippen molar-refractivity contribution in [1.82, 2.24) is 15.1 Å². The number of hydrogen-bond acceptors (Lipinski definition) is 5. The number of aromatic nitrogens is 3. The SMILES string of the molecule is O=C(CCc1cnoc1-c1ccc(C(F)(F)F)cc1)Nc1cnccn1. The van der Waals surface area contributed by atoms with Crippen molar-refractivity contribution in [2.24, 2.45) is 0 Å². The molecular weight excluding hydrogens is 349 g/mol. The van der Waals surface area contributed by atoms with Gasteiger partial charge in [0.15, 0.2) is 11.6 Å². The number of benzene rings is 1. The number of amides is 1. The molecule has 26 heavy (non-hydrogen) atoms. The summed E-state index contributed by atoms with van der Waals surface area (Å²) in [5, 5.41) is 6.28. The highest BCUT2D eigenvalue weighted by atomic mass is 19.4. The lowest BCUT2D eigenvalue weighted by atomic mass is 10.0. The second-order valence-electron chi connectivity index (χ2n) is 5.39. The Balaban J connectivity index is 1.66. The molecule has 2 heterocycles. The molecule has 2 aromatic heterocycles. The summed E-state index contributed by atoms with van der Waals surface area (Å²) in [6, 6.07) is 4.57. The van der Waals surface area contributed by atoms with Crippen LogP contribution in [0.3, 0.4) is 0 Å². The van der Waals surface area contributed by atoms with Crippen molar-refractivity contribution in [3.05, 3.63) is 60.2 Å². The Morgan fingerprint density at radius 3 is 2.54 bits per heavy atom. The number of nitrogens with zero attached hydrogens (tertiary/aromatic N) is 3. The molecule has 6 nitrogen and oxygen atoms in total. The van der Waals surface area contributed by atoms with Crippen LogP contribution >= 0.6 is 0 Å². The van der Waals surface area contributed by atoms with E-state index < -0.39 is 11.7 Å². The van der Waals surface area contributed by atoms with Crippen molar-refractivity contribution in [1.29, 1.82) is 0 Å². The van der Waals surface area contributed by atoms with Crippen LogP contribution in [-0.4, -0.2) is 21.0 Å². The van der Waals surface area contributed by atoms with Gasteiger partial charge in [-0.2, -0.15) is 13.2 Å². The summed E-state index contributed by atoms with van der Waals surface area (Å²) >= 11 is 0. The quantitative estimate of drug-likeness (QED) is 0.748. The number of anilines is 1. The number of carbonyl (C=O) groups excluding carboxylic acids is 1. The van der Waals surface area contributed by atoms with Crippen molar-refractivity contribution in [2.75, 3.05) is 5.32 Å². The van der Waals surface area contributed by atoms with Gasteiger partial charge in [-0.05, 0) is 18.6 Å². The molecule has 0 unspecified atom stereocenters. The fourth-order valence-electron chi connectivity index (χ4n) is 2.30. The molecular formula is C17H13F3N4O2. The molecule has 0 atom stereocenters. The van der Waals surface area contributed by atoms with E-state index in [0.717, 1.165) is 12.1 Å². The second-order valence-corrected chi connectivity index (χ2v) is 5.39. The fourth-order valence-corrected chi connectivity index (χ4v) is 2.30. The highest BCUT2D eigenvalue weighted by Crippen LogP contribution is 2.32. The van der Waals surface area contributed by atoms with Crippen LogP contribution in [0, 0.1) is 0 Å². The van der Waals surface area contributed by atoms with E-state index in [1.807, 2.05) is 0 Å². The molecule has 1 aromatic carbocycles. The van der Waals surface area contributed by atoms with Crippen molar-refractivity contribution in [3.8, 4) is 11.3 Å². The molecule has 0 spiro atoms. The van der Waals surface area contributed by atoms with Gasteiger partial charge in [0.2, 0.25) is 5.91 Å². The Kier molecular flexibility index (Phi) is 4.97. The van der Waals surface area contributed by atoms with E-state index in [0.29, 0.717) is 29.1 Å². The predicted octanol–water partition coefficient (Wildman–Crippen LogP) is 3.72. The van der Waals surface area contributed by atoms with E-state index >= 15 is 0 Å². The van der Waals surface area contributed by atoms with E-state index in [9.17, 15) is 18.0 Å². The molecule has 134 valence electrons. The van der Waals surface area contributed by atoms with Gasteiger partial charge in [-0.15, -0.1) is 0 Å². The summed E-state index contributed by atoms with van der Waals surface area (Å²) in [4.78, 5) is 19.7. The van der Waals surface area contributed by atoms with Gasteiger partial charge in [0.1, 0.15) is 0 Å². The van der Waals surface area contributed by atoms with Crippen molar-refractivity contribution >= 4 is 11.7 Å². The molecule has 0 aliphatic carbocycles. The van der Waals surface area contributed by atoms with Gasteiger partial charge in [-0.3, -0.25) is 9.78 Å². The second kappa shape index (κ2) is 7.34. The first-order chi connectivity index (χ1) is 12.4. The summed E-state index contributed by atoms with van der Waals surface area (Å²) in [7, 11) is 0. The molecule has 3 aromatic rings. The molecule has 0 aliphatic heterocycles. The monoisotopic (exact) mass is 362 g/mol. The van der Waals surface area contributed by atoms with Crippen LogP contribution in [-0.2, 0) is 17.4 Å². The normalized spacial score (nSPS) is 11.3. The lowest BCUT2D eigenvalue weighted by Crippen LogP contribution is -2.13. The third-order valence-electron chi connectivity index (χ3n) is 3.57. The highest BCUT2D eigenvalue weighted by molar-refractivity contribution is 5.89. The summed E-state index contributed by atoms with van der Waals surface area (Å²) < 4.78 is 43.1. The summed E-state index contributed by atoms with van der Waals surface area (Å²) in [6.45, 7) is 0. The first-order valence-corrected chi connectivity index (χ1v) is 7.60. The van der Waals surface area contributed by atoms with Gasteiger partial charge in [-0.1, -0.05) is 17.3 Å². The summed E-state index contributed by atoms with van der Waals surface area (Å²) in [5.41, 5.74) is 0.338. The maximum atomic E-state index is 12.6. The number of rotatable bonds is 5. The fraction of sp³-hybridized carbons (Fsp3) is 0.176. The Morgan fingerprint density at radius 1 is 1.12 bits per heavy atom. The van der Waals surface area contributed by atoms with Crippen LogP contribution in [0.4, 0.5) is 19.0 Å². The van der Waals surface area contributed by atoms with Gasteiger partial charge in [-0.25, -0.2) is 4.98 Å². The van der Waals surface area contributed by atoms with Gasteiger partial charge in [0, 0.05) is 29.9 Å². The standard InChI is InChI=1S/C17H13F3N4O2/c18-17(19,20)13-4-1-11(2-5-13)16-12(9-23-26-16)3-6-15(25)24-14-10-21-7-8-22-14/h1-2,4-5,7-10H,3,6H2,(H,22,24,25). The van der Waals surface area contributed by atoms with Crippen LogP contribution in [0.25, 0.3) is 11.3 Å². The number of carbonyl (C=O) groups is 1. The zero-order chi connectivity index (χ0) is 18.6. The number of nitrogens with one attached hydrogen (secondary N) is 1. The molecule has 1 amide bonds. The number of halogens is 3. The van der Waals surface area contributed by atoms with E-state index in [-0.39, 0.29) is 12.3 Å². The smallest absolute Gasteiger partial charge is 0.356 e. The lowest BCUT2D eigenvalue weighted by Gasteiger charge is -2.07. The topological polar surface area (TPSA) is 80.9 Å². The lowest BCUT2D eigenvalue weighted by molar-refractivity contribution is -0.137. The Morgan fingerprint density at radius 2 is 1.88 bits per heavy atom. The van der Waals surface area contributed by atoms with E-state index in [2.05, 4.69) is 20.4 Å². The van der Waals surface area contributed by atoms with Gasteiger partial charge < -0.3 is 9.84 Å². The molecule has 1 N–H and O–H groups in total. The molecule has 0 radical (unpaired) electrons. The van der Waals surface area contributed by atoms with Crippen LogP contribution in [0.5, 0.6) is 0 Å². The maximum absolute atomic E-state index is 12.6. The molecule has 0 saturated carbocycles. The first-order valence-electron chi connectivity index (χ1n) is 7.60. The molecule has 0 aliphatic rings. The van der Waals surface area contributed by atoms with Crippen LogP contribution in [0.1, 0.15) is 17.5 Å². The minimum absolute atomic E-state index is 0.130. The van der Waals surface area contributed by atoms with Crippen molar-refractivity contribution in [2.45, 2.75) is 19.0 Å². The van der Waals surface area contributed by atoms with Crippen LogP contribution < -0.4 is 5.32 Å². The molecule has 9 heteroatoms. The maximum Gasteiger partial charge on any atom is 0.416 e. The zero-order valence-corrected chi connectivity index (χ0v) is 13.3. The Bertz CT molecular complexity index is 877. The molecule has 0 bridgehead atoms. The summed E-state index contributed by atoms with van der Waals surface area (Å²) in [5.74, 6) is 0.405. The van der Waals surface area contributed by atoms with Crippen molar-refractivity contribution in [3.63, 3.8) is 0 Å². The predicted molar refractivity (Wildman–Crippen MR) is 85.9 cm³/mol. The third-order valence-corrected chi connectivity index (χ3v) is 3.57. The molecule has 0 fully saturated rings. The molecule has 0 saturated heterocycles. The minimum Gasteiger partial charge on any atom is -0.356 e. The van der Waals surface area contributed by atoms with Gasteiger partial charge in [0.05, 0.1) is 18.0 Å². The van der Waals surface area contributed by atoms with E-state index in [1.165, 1.54) is 36.9 Å². The van der Waals surface area contributed by atoms with Crippen LogP contribution in [0.15, 0.2) is 53.6 Å². The van der Waals surface area contributed by atoms with E-state index in [1.54, 1.807) is 0 Å². The average Bonchev–Trinajstić information content (AvgIpc) is 3.09. The first kappa shape index (κ1) is 17.6. The number of alkyl halides is 3. The largest absolute Gasteiger partial charge is 0.416 e. The number of hydrogen-bond donors (Lipinski definition) is 1. The minimum atomic E-state index is -4.40. The third kappa shape index (κ3) is 4.24. The summed E-state index contributed by atoms with van der Waals surface area (Å²) in [6.07, 6.45) is 1.85. The van der Waals surface area contributed by atoms with E-state index in [4.69, 9.17) is 4.52 Å². The van der Waals surface area contributed by atoms with Gasteiger partial charge in [0.25, 0.3) is 0 Å².